The molecular formula is C15H26. The number of allylic oxidation sites excluding steroid dienone is 2. The molecule has 2 aliphatic rings. The lowest BCUT2D eigenvalue weighted by atomic mass is 9.90. The van der Waals surface area contributed by atoms with Crippen LogP contribution in [0.1, 0.15) is 77.0 Å². The van der Waals surface area contributed by atoms with E-state index in [0.717, 1.165) is 5.92 Å². The van der Waals surface area contributed by atoms with E-state index in [1.807, 2.05) is 5.57 Å². The third-order valence-electron chi connectivity index (χ3n) is 4.21. The number of hydrogen-bond acceptors (Lipinski definition) is 0. The number of hydrogen-bond donors (Lipinski definition) is 0. The zero-order chi connectivity index (χ0) is 10.3. The second-order valence-electron chi connectivity index (χ2n) is 5.42. The van der Waals surface area contributed by atoms with Gasteiger partial charge < -0.3 is 0 Å². The summed E-state index contributed by atoms with van der Waals surface area (Å²) in [6.07, 6.45) is 20.2. The molecule has 86 valence electrons. The predicted octanol–water partition coefficient (Wildman–Crippen LogP) is 5.24. The van der Waals surface area contributed by atoms with Crippen LogP contribution in [0.2, 0.25) is 0 Å². The van der Waals surface area contributed by atoms with Gasteiger partial charge in [0.25, 0.3) is 0 Å². The summed E-state index contributed by atoms with van der Waals surface area (Å²) in [5.74, 6) is 0.990. The van der Waals surface area contributed by atoms with Crippen molar-refractivity contribution in [1.29, 1.82) is 0 Å². The average Bonchev–Trinajstić information content (AvgIpc) is 2.79. The third kappa shape index (κ3) is 3.66. The van der Waals surface area contributed by atoms with E-state index in [-0.39, 0.29) is 0 Å². The van der Waals surface area contributed by atoms with Crippen molar-refractivity contribution in [2.45, 2.75) is 77.0 Å². The van der Waals surface area contributed by atoms with Gasteiger partial charge >= 0.3 is 0 Å². The van der Waals surface area contributed by atoms with E-state index in [9.17, 15) is 0 Å². The van der Waals surface area contributed by atoms with Crippen molar-refractivity contribution in [2.75, 3.05) is 0 Å². The lowest BCUT2D eigenvalue weighted by Gasteiger charge is -2.16. The molecular weight excluding hydrogens is 180 g/mol. The molecule has 0 bridgehead atoms. The van der Waals surface area contributed by atoms with Crippen LogP contribution in [0, 0.1) is 5.92 Å². The van der Waals surface area contributed by atoms with E-state index in [1.54, 1.807) is 0 Å². The molecule has 15 heavy (non-hydrogen) atoms. The van der Waals surface area contributed by atoms with Gasteiger partial charge in [-0.1, -0.05) is 50.2 Å². The van der Waals surface area contributed by atoms with Crippen molar-refractivity contribution in [3.8, 4) is 0 Å². The first-order valence-corrected chi connectivity index (χ1v) is 7.16. The quantitative estimate of drug-likeness (QED) is 0.515. The minimum Gasteiger partial charge on any atom is -0.0851 e. The van der Waals surface area contributed by atoms with Crippen molar-refractivity contribution in [3.05, 3.63) is 11.6 Å². The summed E-state index contributed by atoms with van der Waals surface area (Å²) >= 11 is 0. The lowest BCUT2D eigenvalue weighted by molar-refractivity contribution is 0.544. The fourth-order valence-electron chi connectivity index (χ4n) is 3.24. The first-order chi connectivity index (χ1) is 7.47. The van der Waals surface area contributed by atoms with Crippen molar-refractivity contribution in [3.63, 3.8) is 0 Å². The van der Waals surface area contributed by atoms with Crippen molar-refractivity contribution in [1.82, 2.24) is 0 Å². The number of rotatable bonds is 1. The SMILES string of the molecule is C1=C(/C2CCCC2)CCCCCCCC/1. The maximum absolute atomic E-state index is 2.61. The molecule has 2 aliphatic carbocycles. The van der Waals surface area contributed by atoms with E-state index < -0.39 is 0 Å². The summed E-state index contributed by atoms with van der Waals surface area (Å²) in [6, 6.07) is 0. The minimum atomic E-state index is 0.990. The smallest absolute Gasteiger partial charge is 0.0203 e. The molecule has 0 heteroatoms. The summed E-state index contributed by atoms with van der Waals surface area (Å²) in [6.45, 7) is 0. The Morgan fingerprint density at radius 1 is 0.733 bits per heavy atom. The molecule has 0 nitrogen and oxygen atoms in total. The maximum Gasteiger partial charge on any atom is -0.0203 e. The molecule has 0 atom stereocenters. The van der Waals surface area contributed by atoms with Crippen LogP contribution in [0.3, 0.4) is 0 Å². The normalized spacial score (nSPS) is 29.7. The van der Waals surface area contributed by atoms with Crippen LogP contribution in [-0.4, -0.2) is 0 Å². The van der Waals surface area contributed by atoms with Crippen molar-refractivity contribution < 1.29 is 0 Å². The summed E-state index contributed by atoms with van der Waals surface area (Å²) < 4.78 is 0. The Labute approximate surface area is 95.1 Å². The first kappa shape index (κ1) is 11.2. The van der Waals surface area contributed by atoms with E-state index in [1.165, 1.54) is 77.0 Å². The zero-order valence-electron chi connectivity index (χ0n) is 10.1. The zero-order valence-corrected chi connectivity index (χ0v) is 10.1. The predicted molar refractivity (Wildman–Crippen MR) is 67.0 cm³/mol. The highest BCUT2D eigenvalue weighted by Gasteiger charge is 2.18. The Morgan fingerprint density at radius 3 is 2.20 bits per heavy atom. The molecule has 0 aromatic rings. The van der Waals surface area contributed by atoms with Crippen LogP contribution in [0.25, 0.3) is 0 Å². The molecule has 0 radical (unpaired) electrons. The van der Waals surface area contributed by atoms with E-state index >= 15 is 0 Å². The summed E-state index contributed by atoms with van der Waals surface area (Å²) in [5, 5.41) is 0. The van der Waals surface area contributed by atoms with Gasteiger partial charge in [-0.2, -0.15) is 0 Å². The van der Waals surface area contributed by atoms with Gasteiger partial charge in [0, 0.05) is 0 Å². The molecule has 1 fully saturated rings. The standard InChI is InChI=1S/C15H26/c1-2-4-6-10-14(11-7-5-3-1)15-12-8-9-13-15/h10,15H,1-9,11-13H2/b14-10+. The molecule has 1 saturated carbocycles. The van der Waals surface area contributed by atoms with Gasteiger partial charge in [-0.3, -0.25) is 0 Å². The monoisotopic (exact) mass is 206 g/mol. The summed E-state index contributed by atoms with van der Waals surface area (Å²) in [4.78, 5) is 0. The molecule has 0 N–H and O–H groups in total. The highest BCUT2D eigenvalue weighted by molar-refractivity contribution is 5.08. The maximum atomic E-state index is 2.61. The Kier molecular flexibility index (Phi) is 4.76. The molecule has 0 spiro atoms. The molecule has 0 amide bonds. The molecule has 0 unspecified atom stereocenters. The van der Waals surface area contributed by atoms with Crippen LogP contribution in [0.15, 0.2) is 11.6 Å². The average molecular weight is 206 g/mol. The molecule has 0 aliphatic heterocycles. The topological polar surface area (TPSA) is 0 Å². The Bertz CT molecular complexity index is 196. The van der Waals surface area contributed by atoms with Crippen molar-refractivity contribution in [2.24, 2.45) is 5.92 Å². The fraction of sp³-hybridized carbons (Fsp3) is 0.867. The molecule has 0 aromatic carbocycles. The van der Waals surface area contributed by atoms with Crippen LogP contribution >= 0.6 is 0 Å². The van der Waals surface area contributed by atoms with Gasteiger partial charge in [0.05, 0.1) is 0 Å². The van der Waals surface area contributed by atoms with Crippen LogP contribution in [0.5, 0.6) is 0 Å². The molecule has 2 rings (SSSR count). The Morgan fingerprint density at radius 2 is 1.40 bits per heavy atom. The van der Waals surface area contributed by atoms with Gasteiger partial charge in [-0.25, -0.2) is 0 Å². The highest BCUT2D eigenvalue weighted by Crippen LogP contribution is 2.34. The molecule has 0 heterocycles. The van der Waals surface area contributed by atoms with E-state index in [4.69, 9.17) is 0 Å². The largest absolute Gasteiger partial charge is 0.0851 e. The molecule has 0 aromatic heterocycles. The summed E-state index contributed by atoms with van der Waals surface area (Å²) in [5.41, 5.74) is 1.84. The minimum absolute atomic E-state index is 0.990. The van der Waals surface area contributed by atoms with Gasteiger partial charge in [-0.05, 0) is 44.4 Å². The summed E-state index contributed by atoms with van der Waals surface area (Å²) in [7, 11) is 0. The van der Waals surface area contributed by atoms with Crippen LogP contribution in [0.4, 0.5) is 0 Å². The lowest BCUT2D eigenvalue weighted by Crippen LogP contribution is -2.00. The van der Waals surface area contributed by atoms with Gasteiger partial charge in [0.15, 0.2) is 0 Å². The van der Waals surface area contributed by atoms with Crippen LogP contribution < -0.4 is 0 Å². The fourth-order valence-corrected chi connectivity index (χ4v) is 3.24. The molecule has 0 saturated heterocycles. The second-order valence-corrected chi connectivity index (χ2v) is 5.42. The van der Waals surface area contributed by atoms with E-state index in [2.05, 4.69) is 6.08 Å². The third-order valence-corrected chi connectivity index (χ3v) is 4.21. The first-order valence-electron chi connectivity index (χ1n) is 7.16. The van der Waals surface area contributed by atoms with Gasteiger partial charge in [0.2, 0.25) is 0 Å². The van der Waals surface area contributed by atoms with Gasteiger partial charge in [0.1, 0.15) is 0 Å². The van der Waals surface area contributed by atoms with Crippen LogP contribution in [-0.2, 0) is 0 Å². The Hall–Kier alpha value is -0.260. The van der Waals surface area contributed by atoms with Crippen molar-refractivity contribution >= 4 is 0 Å². The Balaban J connectivity index is 1.89. The van der Waals surface area contributed by atoms with E-state index in [0.29, 0.717) is 0 Å². The highest BCUT2D eigenvalue weighted by atomic mass is 14.2. The van der Waals surface area contributed by atoms with Gasteiger partial charge in [-0.15, -0.1) is 0 Å². The second kappa shape index (κ2) is 6.35.